The summed E-state index contributed by atoms with van der Waals surface area (Å²) in [7, 11) is 0. The molecule has 8 nitrogen and oxygen atoms in total. The van der Waals surface area contributed by atoms with Gasteiger partial charge in [-0.2, -0.15) is 11.0 Å². The van der Waals surface area contributed by atoms with Crippen LogP contribution in [0.3, 0.4) is 0 Å². The summed E-state index contributed by atoms with van der Waals surface area (Å²) in [5, 5.41) is 33.0. The van der Waals surface area contributed by atoms with Crippen LogP contribution in [0.5, 0.6) is 0 Å². The second kappa shape index (κ2) is 15.4. The molecule has 0 heterocycles. The Morgan fingerprint density at radius 2 is 1.16 bits per heavy atom. The largest absolute Gasteiger partial charge is 0.480 e. The SMILES string of the molecule is CCC[C@H](NO)C(=O)O.CCC[C@H](NO)C(=O)O.[Cu]. The maximum Gasteiger partial charge on any atom is 0.323 e. The molecule has 0 aliphatic rings. The van der Waals surface area contributed by atoms with E-state index in [2.05, 4.69) is 0 Å². The predicted molar refractivity (Wildman–Crippen MR) is 62.5 cm³/mol. The van der Waals surface area contributed by atoms with Crippen LogP contribution >= 0.6 is 0 Å². The van der Waals surface area contributed by atoms with Gasteiger partial charge in [0.05, 0.1) is 0 Å². The molecule has 0 aliphatic carbocycles. The summed E-state index contributed by atoms with van der Waals surface area (Å²) in [6.45, 7) is 3.71. The first-order chi connectivity index (χ1) is 8.44. The van der Waals surface area contributed by atoms with Gasteiger partial charge in [0.1, 0.15) is 12.1 Å². The van der Waals surface area contributed by atoms with Crippen LogP contribution in [0.2, 0.25) is 0 Å². The molecule has 0 aromatic carbocycles. The molecule has 1 radical (unpaired) electrons. The quantitative estimate of drug-likeness (QED) is 0.278. The van der Waals surface area contributed by atoms with Gasteiger partial charge in [0, 0.05) is 17.1 Å². The Balaban J connectivity index is -0.000000256. The average Bonchev–Trinajstić information content (AvgIpc) is 2.32. The third-order valence-electron chi connectivity index (χ3n) is 2.06. The molecular formula is C10H22CuN2O6. The number of carboxylic acids is 2. The molecule has 0 rings (SSSR count). The first-order valence-electron chi connectivity index (χ1n) is 5.69. The van der Waals surface area contributed by atoms with E-state index in [9.17, 15) is 9.59 Å². The molecule has 0 fully saturated rings. The number of aliphatic carboxylic acids is 2. The van der Waals surface area contributed by atoms with Crippen LogP contribution in [0.15, 0.2) is 0 Å². The Morgan fingerprint density at radius 3 is 1.21 bits per heavy atom. The van der Waals surface area contributed by atoms with E-state index in [4.69, 9.17) is 20.6 Å². The zero-order chi connectivity index (χ0) is 14.6. The van der Waals surface area contributed by atoms with E-state index in [1.165, 1.54) is 0 Å². The first-order valence-corrected chi connectivity index (χ1v) is 5.69. The minimum atomic E-state index is -1.01. The van der Waals surface area contributed by atoms with Crippen molar-refractivity contribution in [2.45, 2.75) is 51.6 Å². The minimum Gasteiger partial charge on any atom is -0.480 e. The van der Waals surface area contributed by atoms with Gasteiger partial charge in [0.2, 0.25) is 0 Å². The van der Waals surface area contributed by atoms with E-state index in [1.807, 2.05) is 13.8 Å². The van der Waals surface area contributed by atoms with Crippen LogP contribution in [0, 0.1) is 0 Å². The monoisotopic (exact) mass is 329 g/mol. The molecule has 0 amide bonds. The molecule has 6 N–H and O–H groups in total. The van der Waals surface area contributed by atoms with Gasteiger partial charge in [0.15, 0.2) is 0 Å². The molecule has 19 heavy (non-hydrogen) atoms. The van der Waals surface area contributed by atoms with Gasteiger partial charge >= 0.3 is 11.9 Å². The van der Waals surface area contributed by atoms with Crippen LogP contribution in [-0.2, 0) is 26.7 Å². The molecule has 2 atom stereocenters. The van der Waals surface area contributed by atoms with Gasteiger partial charge in [-0.3, -0.25) is 9.59 Å². The second-order valence-electron chi connectivity index (χ2n) is 3.62. The second-order valence-corrected chi connectivity index (χ2v) is 3.62. The molecule has 0 unspecified atom stereocenters. The number of nitrogens with one attached hydrogen (secondary N) is 2. The molecule has 9 heteroatoms. The van der Waals surface area contributed by atoms with Crippen molar-refractivity contribution in [2.24, 2.45) is 0 Å². The molecule has 0 aromatic heterocycles. The Hall–Kier alpha value is -0.701. The fourth-order valence-electron chi connectivity index (χ4n) is 1.06. The van der Waals surface area contributed by atoms with Gasteiger partial charge in [-0.25, -0.2) is 0 Å². The molecule has 0 spiro atoms. The van der Waals surface area contributed by atoms with Crippen molar-refractivity contribution in [1.29, 1.82) is 0 Å². The summed E-state index contributed by atoms with van der Waals surface area (Å²) in [5.74, 6) is -2.03. The van der Waals surface area contributed by atoms with Crippen molar-refractivity contribution >= 4 is 11.9 Å². The topological polar surface area (TPSA) is 139 Å². The van der Waals surface area contributed by atoms with Crippen molar-refractivity contribution in [3.05, 3.63) is 0 Å². The van der Waals surface area contributed by atoms with Gasteiger partial charge in [-0.15, -0.1) is 0 Å². The van der Waals surface area contributed by atoms with Crippen LogP contribution < -0.4 is 11.0 Å². The summed E-state index contributed by atoms with van der Waals surface area (Å²) < 4.78 is 0. The zero-order valence-electron chi connectivity index (χ0n) is 10.9. The van der Waals surface area contributed by atoms with Gasteiger partial charge in [0.25, 0.3) is 0 Å². The third kappa shape index (κ3) is 13.5. The van der Waals surface area contributed by atoms with Crippen LogP contribution in [-0.4, -0.2) is 44.6 Å². The molecular weight excluding hydrogens is 308 g/mol. The number of hydrogen-bond acceptors (Lipinski definition) is 6. The Morgan fingerprint density at radius 1 is 0.895 bits per heavy atom. The number of carboxylic acid groups (broad SMARTS) is 2. The first kappa shape index (κ1) is 23.4. The standard InChI is InChI=1S/2C5H11NO3.Cu/c2*1-2-3-4(6-9)5(7)8;/h2*4,6,9H,2-3H2,1H3,(H,7,8);/t2*4-;/m00./s1. The Kier molecular flexibility index (Phi) is 18.9. The van der Waals surface area contributed by atoms with E-state index < -0.39 is 24.0 Å². The molecule has 119 valence electrons. The number of carbonyl (C=O) groups is 2. The zero-order valence-corrected chi connectivity index (χ0v) is 11.8. The Bertz CT molecular complexity index is 218. The molecule has 0 aromatic rings. The van der Waals surface area contributed by atoms with E-state index in [1.54, 1.807) is 11.0 Å². The summed E-state index contributed by atoms with van der Waals surface area (Å²) in [4.78, 5) is 20.2. The average molecular weight is 330 g/mol. The van der Waals surface area contributed by atoms with E-state index in [0.717, 1.165) is 12.8 Å². The van der Waals surface area contributed by atoms with E-state index >= 15 is 0 Å². The smallest absolute Gasteiger partial charge is 0.323 e. The van der Waals surface area contributed by atoms with Crippen LogP contribution in [0.4, 0.5) is 0 Å². The predicted octanol–water partition coefficient (Wildman–Crippen LogP) is 0.435. The Labute approximate surface area is 122 Å². The summed E-state index contributed by atoms with van der Waals surface area (Å²) in [6, 6.07) is -1.62. The molecule has 0 saturated heterocycles. The third-order valence-corrected chi connectivity index (χ3v) is 2.06. The summed E-state index contributed by atoms with van der Waals surface area (Å²) in [5.41, 5.74) is 3.41. The number of hydrogen-bond donors (Lipinski definition) is 6. The fraction of sp³-hybridized carbons (Fsp3) is 0.800. The van der Waals surface area contributed by atoms with Crippen molar-refractivity contribution in [1.82, 2.24) is 11.0 Å². The van der Waals surface area contributed by atoms with E-state index in [-0.39, 0.29) is 17.1 Å². The van der Waals surface area contributed by atoms with Gasteiger partial charge in [-0.1, -0.05) is 26.7 Å². The number of rotatable bonds is 8. The normalized spacial score (nSPS) is 12.4. The maximum absolute atomic E-state index is 10.1. The maximum atomic E-state index is 10.1. The van der Waals surface area contributed by atoms with Gasteiger partial charge in [-0.05, 0) is 12.8 Å². The van der Waals surface area contributed by atoms with Crippen molar-refractivity contribution in [3.63, 3.8) is 0 Å². The number of hydroxylamine groups is 2. The van der Waals surface area contributed by atoms with E-state index in [0.29, 0.717) is 12.8 Å². The van der Waals surface area contributed by atoms with Crippen molar-refractivity contribution in [2.75, 3.05) is 0 Å². The van der Waals surface area contributed by atoms with Crippen molar-refractivity contribution in [3.8, 4) is 0 Å². The summed E-state index contributed by atoms with van der Waals surface area (Å²) >= 11 is 0. The fourth-order valence-corrected chi connectivity index (χ4v) is 1.06. The van der Waals surface area contributed by atoms with Crippen molar-refractivity contribution < 1.29 is 47.3 Å². The molecule has 0 bridgehead atoms. The summed E-state index contributed by atoms with van der Waals surface area (Å²) in [6.07, 6.45) is 2.38. The van der Waals surface area contributed by atoms with Gasteiger partial charge < -0.3 is 20.6 Å². The molecule has 0 aliphatic heterocycles. The van der Waals surface area contributed by atoms with Crippen LogP contribution in [0.1, 0.15) is 39.5 Å². The van der Waals surface area contributed by atoms with Crippen LogP contribution in [0.25, 0.3) is 0 Å². The minimum absolute atomic E-state index is 0. The molecule has 0 saturated carbocycles.